The molecule has 12 heavy (non-hydrogen) atoms. The molecule has 0 aliphatic carbocycles. The van der Waals surface area contributed by atoms with Gasteiger partial charge in [0, 0.05) is 18.0 Å². The molecular formula is C9H11NO2. The fourth-order valence-electron chi connectivity index (χ4n) is 1.41. The zero-order valence-electron chi connectivity index (χ0n) is 6.66. The molecule has 64 valence electrons. The Balaban J connectivity index is 2.26. The van der Waals surface area contributed by atoms with E-state index in [-0.39, 0.29) is 5.92 Å². The molecule has 2 rings (SSSR count). The molecule has 0 radical (unpaired) electrons. The Morgan fingerprint density at radius 2 is 2.25 bits per heavy atom. The summed E-state index contributed by atoms with van der Waals surface area (Å²) in [7, 11) is 0. The van der Waals surface area contributed by atoms with Gasteiger partial charge in [-0.15, -0.1) is 0 Å². The smallest absolute Gasteiger partial charge is 0.119 e. The van der Waals surface area contributed by atoms with E-state index in [2.05, 4.69) is 5.48 Å². The minimum Gasteiger partial charge on any atom is -0.508 e. The Morgan fingerprint density at radius 3 is 2.92 bits per heavy atom. The summed E-state index contributed by atoms with van der Waals surface area (Å²) in [6.45, 7) is 1.41. The molecular weight excluding hydrogens is 154 g/mol. The highest BCUT2D eigenvalue weighted by molar-refractivity contribution is 5.35. The molecule has 0 bridgehead atoms. The highest BCUT2D eigenvalue weighted by atomic mass is 16.7. The van der Waals surface area contributed by atoms with Crippen LogP contribution in [0.2, 0.25) is 0 Å². The number of nitrogens with one attached hydrogen (secondary N) is 1. The highest BCUT2D eigenvalue weighted by Gasteiger charge is 2.19. The summed E-state index contributed by atoms with van der Waals surface area (Å²) in [4.78, 5) is 5.01. The lowest BCUT2D eigenvalue weighted by Crippen LogP contribution is -2.06. The molecule has 1 aromatic rings. The van der Waals surface area contributed by atoms with Crippen LogP contribution in [0.1, 0.15) is 11.5 Å². The number of phenols is 1. The van der Waals surface area contributed by atoms with Gasteiger partial charge >= 0.3 is 0 Å². The first-order valence-electron chi connectivity index (χ1n) is 4.00. The van der Waals surface area contributed by atoms with Crippen molar-refractivity contribution in [2.75, 3.05) is 13.2 Å². The van der Waals surface area contributed by atoms with Crippen LogP contribution in [-0.4, -0.2) is 18.3 Å². The van der Waals surface area contributed by atoms with Gasteiger partial charge in [0.15, 0.2) is 0 Å². The predicted octanol–water partition coefficient (Wildman–Crippen LogP) is 1.01. The maximum absolute atomic E-state index is 9.49. The number of hydroxylamine groups is 1. The van der Waals surface area contributed by atoms with Crippen molar-refractivity contribution in [1.82, 2.24) is 5.48 Å². The quantitative estimate of drug-likeness (QED) is 0.652. The molecule has 1 aliphatic heterocycles. The van der Waals surface area contributed by atoms with E-state index < -0.39 is 0 Å². The lowest BCUT2D eigenvalue weighted by molar-refractivity contribution is 0.101. The SMILES string of the molecule is Oc1ccccc1C1CNOC1. The van der Waals surface area contributed by atoms with Crippen molar-refractivity contribution in [3.05, 3.63) is 29.8 Å². The van der Waals surface area contributed by atoms with E-state index in [0.29, 0.717) is 12.4 Å². The Bertz CT molecular complexity index is 269. The Morgan fingerprint density at radius 1 is 1.42 bits per heavy atom. The lowest BCUT2D eigenvalue weighted by atomic mass is 10.00. The fraction of sp³-hybridized carbons (Fsp3) is 0.333. The van der Waals surface area contributed by atoms with Crippen LogP contribution >= 0.6 is 0 Å². The van der Waals surface area contributed by atoms with Crippen molar-refractivity contribution in [3.8, 4) is 5.75 Å². The topological polar surface area (TPSA) is 41.5 Å². The van der Waals surface area contributed by atoms with E-state index in [1.54, 1.807) is 6.07 Å². The van der Waals surface area contributed by atoms with Crippen molar-refractivity contribution in [2.24, 2.45) is 0 Å². The van der Waals surface area contributed by atoms with Gasteiger partial charge in [0.1, 0.15) is 5.75 Å². The first kappa shape index (κ1) is 7.58. The number of rotatable bonds is 1. The summed E-state index contributed by atoms with van der Waals surface area (Å²) in [6.07, 6.45) is 0. The zero-order valence-corrected chi connectivity index (χ0v) is 6.66. The minimum absolute atomic E-state index is 0.284. The highest BCUT2D eigenvalue weighted by Crippen LogP contribution is 2.26. The Labute approximate surface area is 70.9 Å². The number of benzene rings is 1. The second kappa shape index (κ2) is 3.13. The monoisotopic (exact) mass is 165 g/mol. The van der Waals surface area contributed by atoms with Gasteiger partial charge in [-0.25, -0.2) is 5.48 Å². The van der Waals surface area contributed by atoms with E-state index in [4.69, 9.17) is 4.84 Å². The minimum atomic E-state index is 0.284. The van der Waals surface area contributed by atoms with Gasteiger partial charge in [-0.1, -0.05) is 18.2 Å². The van der Waals surface area contributed by atoms with Crippen LogP contribution in [0.4, 0.5) is 0 Å². The second-order valence-electron chi connectivity index (χ2n) is 2.92. The molecule has 3 heteroatoms. The number of phenolic OH excluding ortho intramolecular Hbond substituents is 1. The summed E-state index contributed by atoms with van der Waals surface area (Å²) in [5.41, 5.74) is 3.75. The molecule has 1 aliphatic rings. The van der Waals surface area contributed by atoms with Gasteiger partial charge in [0.2, 0.25) is 0 Å². The van der Waals surface area contributed by atoms with Gasteiger partial charge < -0.3 is 9.94 Å². The molecule has 1 fully saturated rings. The lowest BCUT2D eigenvalue weighted by Gasteiger charge is -2.07. The summed E-state index contributed by atoms with van der Waals surface area (Å²) in [6, 6.07) is 7.37. The molecule has 3 nitrogen and oxygen atoms in total. The van der Waals surface area contributed by atoms with Gasteiger partial charge in [-0.3, -0.25) is 0 Å². The van der Waals surface area contributed by atoms with Gasteiger partial charge in [0.05, 0.1) is 6.61 Å². The third-order valence-electron chi connectivity index (χ3n) is 2.09. The van der Waals surface area contributed by atoms with Crippen LogP contribution in [0.3, 0.4) is 0 Å². The zero-order chi connectivity index (χ0) is 8.39. The average molecular weight is 165 g/mol. The second-order valence-corrected chi connectivity index (χ2v) is 2.92. The van der Waals surface area contributed by atoms with Crippen molar-refractivity contribution in [3.63, 3.8) is 0 Å². The molecule has 1 unspecified atom stereocenters. The van der Waals surface area contributed by atoms with Crippen LogP contribution in [0.15, 0.2) is 24.3 Å². The first-order valence-corrected chi connectivity index (χ1v) is 4.00. The Kier molecular flexibility index (Phi) is 1.98. The molecule has 0 spiro atoms. The predicted molar refractivity (Wildman–Crippen MR) is 44.8 cm³/mol. The van der Waals surface area contributed by atoms with Gasteiger partial charge in [0.25, 0.3) is 0 Å². The van der Waals surface area contributed by atoms with E-state index >= 15 is 0 Å². The number of para-hydroxylation sites is 1. The van der Waals surface area contributed by atoms with E-state index in [9.17, 15) is 5.11 Å². The maximum atomic E-state index is 9.49. The molecule has 1 atom stereocenters. The van der Waals surface area contributed by atoms with Crippen molar-refractivity contribution < 1.29 is 9.94 Å². The third kappa shape index (κ3) is 1.29. The van der Waals surface area contributed by atoms with Crippen molar-refractivity contribution in [2.45, 2.75) is 5.92 Å². The third-order valence-corrected chi connectivity index (χ3v) is 2.09. The number of hydrogen-bond donors (Lipinski definition) is 2. The maximum Gasteiger partial charge on any atom is 0.119 e. The summed E-state index contributed by atoms with van der Waals surface area (Å²) < 4.78 is 0. The standard InChI is InChI=1S/C9H11NO2/c11-9-4-2-1-3-8(9)7-5-10-12-6-7/h1-4,7,10-11H,5-6H2. The van der Waals surface area contributed by atoms with E-state index in [0.717, 1.165) is 12.1 Å². The molecule has 1 heterocycles. The largest absolute Gasteiger partial charge is 0.508 e. The fourth-order valence-corrected chi connectivity index (χ4v) is 1.41. The molecule has 0 saturated carbocycles. The Hall–Kier alpha value is -1.06. The van der Waals surface area contributed by atoms with Crippen LogP contribution in [-0.2, 0) is 4.84 Å². The normalized spacial score (nSPS) is 22.8. The van der Waals surface area contributed by atoms with Gasteiger partial charge in [-0.2, -0.15) is 0 Å². The number of hydrogen-bond acceptors (Lipinski definition) is 3. The van der Waals surface area contributed by atoms with Crippen LogP contribution < -0.4 is 5.48 Å². The summed E-state index contributed by atoms with van der Waals surface area (Å²) in [5.74, 6) is 0.640. The molecule has 2 N–H and O–H groups in total. The number of aromatic hydroxyl groups is 1. The van der Waals surface area contributed by atoms with E-state index in [1.165, 1.54) is 0 Å². The van der Waals surface area contributed by atoms with Crippen molar-refractivity contribution >= 4 is 0 Å². The summed E-state index contributed by atoms with van der Waals surface area (Å²) in [5, 5.41) is 9.49. The average Bonchev–Trinajstić information content (AvgIpc) is 2.57. The molecule has 1 saturated heterocycles. The van der Waals surface area contributed by atoms with Crippen LogP contribution in [0.25, 0.3) is 0 Å². The van der Waals surface area contributed by atoms with Crippen LogP contribution in [0.5, 0.6) is 5.75 Å². The molecule has 0 amide bonds. The first-order chi connectivity index (χ1) is 5.88. The van der Waals surface area contributed by atoms with E-state index in [1.807, 2.05) is 18.2 Å². The van der Waals surface area contributed by atoms with Gasteiger partial charge in [-0.05, 0) is 6.07 Å². The summed E-state index contributed by atoms with van der Waals surface area (Å²) >= 11 is 0. The molecule has 1 aromatic carbocycles. The van der Waals surface area contributed by atoms with Crippen molar-refractivity contribution in [1.29, 1.82) is 0 Å². The molecule has 0 aromatic heterocycles. The van der Waals surface area contributed by atoms with Crippen LogP contribution in [0, 0.1) is 0 Å².